The molecule has 0 aromatic heterocycles. The lowest BCUT2D eigenvalue weighted by molar-refractivity contribution is -0.0965. The van der Waals surface area contributed by atoms with Crippen LogP contribution in [0.4, 0.5) is 0 Å². The van der Waals surface area contributed by atoms with Crippen molar-refractivity contribution in [1.29, 1.82) is 0 Å². The molecular formula is C22H36O2Si. The van der Waals surface area contributed by atoms with E-state index in [2.05, 4.69) is 77.2 Å². The lowest BCUT2D eigenvalue weighted by atomic mass is 10.0. The van der Waals surface area contributed by atoms with Crippen LogP contribution in [-0.4, -0.2) is 8.32 Å². The molecule has 0 radical (unpaired) electrons. The molecule has 2 nitrogen and oxygen atoms in total. The lowest BCUT2D eigenvalue weighted by Crippen LogP contribution is -2.41. The third kappa shape index (κ3) is 5.29. The number of allylic oxidation sites excluding steroid dienone is 1. The van der Waals surface area contributed by atoms with Gasteiger partial charge in [0.2, 0.25) is 0 Å². The molecule has 2 rings (SSSR count). The van der Waals surface area contributed by atoms with Gasteiger partial charge < -0.3 is 9.16 Å². The van der Waals surface area contributed by atoms with Gasteiger partial charge in [0.05, 0.1) is 0 Å². The smallest absolute Gasteiger partial charge is 0.195 e. The van der Waals surface area contributed by atoms with Crippen molar-refractivity contribution in [2.45, 2.75) is 90.3 Å². The van der Waals surface area contributed by atoms with Gasteiger partial charge in [-0.15, -0.1) is 0 Å². The zero-order chi connectivity index (χ0) is 18.5. The number of fused-ring (bicyclic) bond motifs is 1. The summed E-state index contributed by atoms with van der Waals surface area (Å²) in [4.78, 5) is 0. The summed E-state index contributed by atoms with van der Waals surface area (Å²) in [6.07, 6.45) is 10.6. The zero-order valence-corrected chi connectivity index (χ0v) is 18.0. The van der Waals surface area contributed by atoms with E-state index < -0.39 is 8.32 Å². The van der Waals surface area contributed by atoms with Crippen molar-refractivity contribution in [1.82, 2.24) is 0 Å². The SMILES string of the molecule is CCCCCC/C=C/C1OC(O[Si](C)(C)C(C)(C)C)c2ccccc21. The minimum Gasteiger partial charge on any atom is -0.389 e. The number of rotatable bonds is 8. The van der Waals surface area contributed by atoms with Gasteiger partial charge in [0, 0.05) is 5.56 Å². The molecule has 0 aliphatic carbocycles. The number of unbranched alkanes of at least 4 members (excludes halogenated alkanes) is 4. The van der Waals surface area contributed by atoms with E-state index in [0.717, 1.165) is 6.42 Å². The third-order valence-electron chi connectivity index (χ3n) is 5.57. The van der Waals surface area contributed by atoms with Crippen molar-refractivity contribution in [3.63, 3.8) is 0 Å². The Kier molecular flexibility index (Phi) is 7.07. The van der Waals surface area contributed by atoms with Gasteiger partial charge in [-0.1, -0.05) is 83.4 Å². The summed E-state index contributed by atoms with van der Waals surface area (Å²) in [7, 11) is -1.87. The molecular weight excluding hydrogens is 324 g/mol. The summed E-state index contributed by atoms with van der Waals surface area (Å²) in [6.45, 7) is 13.6. The number of hydrogen-bond donors (Lipinski definition) is 0. The second-order valence-corrected chi connectivity index (χ2v) is 13.4. The molecule has 1 heterocycles. The molecule has 2 unspecified atom stereocenters. The molecule has 0 saturated heterocycles. The second-order valence-electron chi connectivity index (χ2n) is 8.67. The first kappa shape index (κ1) is 20.4. The van der Waals surface area contributed by atoms with Crippen molar-refractivity contribution >= 4 is 8.32 Å². The topological polar surface area (TPSA) is 18.5 Å². The lowest BCUT2D eigenvalue weighted by Gasteiger charge is -2.38. The molecule has 1 aliphatic heterocycles. The predicted octanol–water partition coefficient (Wildman–Crippen LogP) is 7.30. The van der Waals surface area contributed by atoms with Gasteiger partial charge in [0.1, 0.15) is 6.10 Å². The van der Waals surface area contributed by atoms with E-state index in [1.54, 1.807) is 0 Å². The maximum absolute atomic E-state index is 6.56. The van der Waals surface area contributed by atoms with Gasteiger partial charge in [0.15, 0.2) is 14.6 Å². The maximum Gasteiger partial charge on any atom is 0.195 e. The molecule has 3 heteroatoms. The molecule has 0 amide bonds. The van der Waals surface area contributed by atoms with E-state index in [9.17, 15) is 0 Å². The van der Waals surface area contributed by atoms with Crippen molar-refractivity contribution < 1.29 is 9.16 Å². The minimum atomic E-state index is -1.87. The minimum absolute atomic E-state index is 0.0251. The Hall–Kier alpha value is -0.903. The molecule has 0 bridgehead atoms. The van der Waals surface area contributed by atoms with Crippen molar-refractivity contribution in [2.24, 2.45) is 0 Å². The van der Waals surface area contributed by atoms with E-state index in [0.29, 0.717) is 0 Å². The standard InChI is InChI=1S/C22H36O2Si/c1-7-8-9-10-11-12-17-20-18-15-13-14-16-19(18)21(23-20)24-25(5,6)22(2,3)4/h12-17,20-21H,7-11H2,1-6H3/b17-12+. The van der Waals surface area contributed by atoms with Gasteiger partial charge in [0.25, 0.3) is 0 Å². The molecule has 1 aromatic carbocycles. The van der Waals surface area contributed by atoms with E-state index in [4.69, 9.17) is 9.16 Å². The van der Waals surface area contributed by atoms with Crippen LogP contribution in [0.3, 0.4) is 0 Å². The molecule has 0 saturated carbocycles. The first-order valence-electron chi connectivity index (χ1n) is 9.85. The van der Waals surface area contributed by atoms with Crippen LogP contribution in [0.5, 0.6) is 0 Å². The van der Waals surface area contributed by atoms with Crippen LogP contribution in [0.2, 0.25) is 18.1 Å². The van der Waals surface area contributed by atoms with E-state index >= 15 is 0 Å². The first-order chi connectivity index (χ1) is 11.8. The fourth-order valence-electron chi connectivity index (χ4n) is 2.86. The average molecular weight is 361 g/mol. The number of benzene rings is 1. The van der Waals surface area contributed by atoms with E-state index in [1.165, 1.54) is 36.8 Å². The highest BCUT2D eigenvalue weighted by atomic mass is 28.4. The van der Waals surface area contributed by atoms with Crippen LogP contribution in [0.25, 0.3) is 0 Å². The van der Waals surface area contributed by atoms with Crippen LogP contribution >= 0.6 is 0 Å². The summed E-state index contributed by atoms with van der Waals surface area (Å²) in [5, 5.41) is 0.179. The number of ether oxygens (including phenoxy) is 1. The van der Waals surface area contributed by atoms with Crippen LogP contribution in [-0.2, 0) is 9.16 Å². The molecule has 25 heavy (non-hydrogen) atoms. The quantitative estimate of drug-likeness (QED) is 0.275. The van der Waals surface area contributed by atoms with E-state index in [-0.39, 0.29) is 17.4 Å². The monoisotopic (exact) mass is 360 g/mol. The molecule has 0 fully saturated rings. The van der Waals surface area contributed by atoms with Gasteiger partial charge in [-0.3, -0.25) is 0 Å². The van der Waals surface area contributed by atoms with Crippen LogP contribution in [0.15, 0.2) is 36.4 Å². The summed E-state index contributed by atoms with van der Waals surface area (Å²) in [5.41, 5.74) is 2.46. The Balaban J connectivity index is 2.05. The van der Waals surface area contributed by atoms with Gasteiger partial charge in [-0.25, -0.2) is 0 Å². The van der Waals surface area contributed by atoms with Gasteiger partial charge in [-0.2, -0.15) is 0 Å². The fraction of sp³-hybridized carbons (Fsp3) is 0.636. The van der Waals surface area contributed by atoms with Crippen LogP contribution < -0.4 is 0 Å². The largest absolute Gasteiger partial charge is 0.389 e. The van der Waals surface area contributed by atoms with Gasteiger partial charge >= 0.3 is 0 Å². The van der Waals surface area contributed by atoms with Crippen molar-refractivity contribution in [3.05, 3.63) is 47.5 Å². The Morgan fingerprint density at radius 2 is 1.76 bits per heavy atom. The fourth-order valence-corrected chi connectivity index (χ4v) is 3.93. The Morgan fingerprint density at radius 3 is 2.40 bits per heavy atom. The number of hydrogen-bond acceptors (Lipinski definition) is 2. The van der Waals surface area contributed by atoms with Crippen molar-refractivity contribution in [3.8, 4) is 0 Å². The Labute approximate surface area is 155 Å². The summed E-state index contributed by atoms with van der Waals surface area (Å²) in [6, 6.07) is 8.51. The molecule has 1 aliphatic rings. The van der Waals surface area contributed by atoms with Crippen LogP contribution in [0.1, 0.15) is 83.3 Å². The highest BCUT2D eigenvalue weighted by Gasteiger charge is 2.42. The predicted molar refractivity (Wildman–Crippen MR) is 109 cm³/mol. The Morgan fingerprint density at radius 1 is 1.08 bits per heavy atom. The van der Waals surface area contributed by atoms with Crippen LogP contribution in [0, 0.1) is 0 Å². The first-order valence-corrected chi connectivity index (χ1v) is 12.8. The molecule has 1 aromatic rings. The normalized spacial score (nSPS) is 21.0. The van der Waals surface area contributed by atoms with Gasteiger partial charge in [-0.05, 0) is 36.5 Å². The molecule has 140 valence electrons. The zero-order valence-electron chi connectivity index (χ0n) is 17.0. The average Bonchev–Trinajstić information content (AvgIpc) is 2.87. The summed E-state index contributed by atoms with van der Waals surface area (Å²) >= 11 is 0. The molecule has 2 atom stereocenters. The molecule has 0 spiro atoms. The highest BCUT2D eigenvalue weighted by molar-refractivity contribution is 6.74. The summed E-state index contributed by atoms with van der Waals surface area (Å²) in [5.74, 6) is 0. The highest BCUT2D eigenvalue weighted by Crippen LogP contribution is 2.46. The maximum atomic E-state index is 6.56. The second kappa shape index (κ2) is 8.66. The van der Waals surface area contributed by atoms with E-state index in [1.807, 2.05) is 0 Å². The third-order valence-corrected chi connectivity index (χ3v) is 9.99. The Bertz CT molecular complexity index is 572. The molecule has 0 N–H and O–H groups in total. The summed E-state index contributed by atoms with van der Waals surface area (Å²) < 4.78 is 12.9. The van der Waals surface area contributed by atoms with Crippen molar-refractivity contribution in [2.75, 3.05) is 0 Å².